The number of rotatable bonds is 6. The molecule has 1 fully saturated rings. The summed E-state index contributed by atoms with van der Waals surface area (Å²) < 4.78 is 1.83. The van der Waals surface area contributed by atoms with Crippen LogP contribution in [0.25, 0.3) is 0 Å². The number of aryl methyl sites for hydroxylation is 1. The summed E-state index contributed by atoms with van der Waals surface area (Å²) in [6, 6.07) is 8.10. The summed E-state index contributed by atoms with van der Waals surface area (Å²) in [5, 5.41) is 12.5. The van der Waals surface area contributed by atoms with Crippen LogP contribution in [0, 0.1) is 17.2 Å². The molecule has 1 aliphatic heterocycles. The highest BCUT2D eigenvalue weighted by atomic mass is 16.2. The van der Waals surface area contributed by atoms with Gasteiger partial charge in [0.2, 0.25) is 5.91 Å². The van der Waals surface area contributed by atoms with Crippen LogP contribution in [0.5, 0.6) is 0 Å². The van der Waals surface area contributed by atoms with E-state index in [2.05, 4.69) is 16.4 Å². The molecule has 0 spiro atoms. The van der Waals surface area contributed by atoms with E-state index in [1.807, 2.05) is 54.0 Å². The van der Waals surface area contributed by atoms with E-state index in [1.165, 1.54) is 0 Å². The molecule has 1 aliphatic rings. The highest BCUT2D eigenvalue weighted by molar-refractivity contribution is 5.79. The molecule has 3 rings (SSSR count). The Kier molecular flexibility index (Phi) is 5.15. The number of nitrogens with zero attached hydrogens (tertiary/aromatic N) is 4. The third-order valence-corrected chi connectivity index (χ3v) is 4.82. The van der Waals surface area contributed by atoms with E-state index in [0.29, 0.717) is 25.2 Å². The van der Waals surface area contributed by atoms with Gasteiger partial charge >= 0.3 is 0 Å². The minimum Gasteiger partial charge on any atom is -0.342 e. The molecule has 0 radical (unpaired) electrons. The molecule has 0 unspecified atom stereocenters. The topological polar surface area (TPSA) is 74.0 Å². The number of likely N-dealkylation sites (tertiary alicyclic amines) is 1. The van der Waals surface area contributed by atoms with Gasteiger partial charge in [-0.1, -0.05) is 6.07 Å². The summed E-state index contributed by atoms with van der Waals surface area (Å²) in [6.07, 6.45) is 6.13. The van der Waals surface area contributed by atoms with Crippen LogP contribution >= 0.6 is 0 Å². The standard InChI is InChI=1S/C19H23N5O/c1-3-24-18(25)8-16(19(24)15-5-4-6-21-11-15)12-22-10-14-7-17(9-20)23(2)13-14/h4-7,11,13,16,19,22H,3,8,10,12H2,1-2H3/t16-,19-/m0/s1. The molecule has 0 aromatic carbocycles. The number of carbonyl (C=O) groups is 1. The van der Waals surface area contributed by atoms with E-state index in [9.17, 15) is 4.79 Å². The molecule has 6 nitrogen and oxygen atoms in total. The highest BCUT2D eigenvalue weighted by Gasteiger charge is 2.39. The molecule has 1 amide bonds. The zero-order valence-electron chi connectivity index (χ0n) is 14.6. The van der Waals surface area contributed by atoms with Gasteiger partial charge in [0.05, 0.1) is 6.04 Å². The smallest absolute Gasteiger partial charge is 0.223 e. The van der Waals surface area contributed by atoms with E-state index in [-0.39, 0.29) is 17.9 Å². The first kappa shape index (κ1) is 17.2. The Hall–Kier alpha value is -2.65. The molecule has 0 bridgehead atoms. The monoisotopic (exact) mass is 337 g/mol. The van der Waals surface area contributed by atoms with Gasteiger partial charge in [-0.15, -0.1) is 0 Å². The van der Waals surface area contributed by atoms with Crippen molar-refractivity contribution in [2.75, 3.05) is 13.1 Å². The van der Waals surface area contributed by atoms with Crippen molar-refractivity contribution in [2.24, 2.45) is 13.0 Å². The number of nitrogens with one attached hydrogen (secondary N) is 1. The SMILES string of the molecule is CCN1C(=O)C[C@@H](CNCc2cc(C#N)n(C)c2)[C@@H]1c1cccnc1. The highest BCUT2D eigenvalue weighted by Crippen LogP contribution is 2.37. The third-order valence-electron chi connectivity index (χ3n) is 4.82. The van der Waals surface area contributed by atoms with Crippen LogP contribution in [0.15, 0.2) is 36.8 Å². The summed E-state index contributed by atoms with van der Waals surface area (Å²) >= 11 is 0. The molecule has 6 heteroatoms. The van der Waals surface area contributed by atoms with Gasteiger partial charge in [-0.2, -0.15) is 5.26 Å². The summed E-state index contributed by atoms with van der Waals surface area (Å²) in [6.45, 7) is 4.16. The van der Waals surface area contributed by atoms with Gasteiger partial charge in [0.25, 0.3) is 0 Å². The first-order valence-electron chi connectivity index (χ1n) is 8.59. The number of hydrogen-bond acceptors (Lipinski definition) is 4. The van der Waals surface area contributed by atoms with Gasteiger partial charge in [0.15, 0.2) is 0 Å². The molecule has 0 aliphatic carbocycles. The fraction of sp³-hybridized carbons (Fsp3) is 0.421. The van der Waals surface area contributed by atoms with E-state index in [0.717, 1.165) is 17.7 Å². The molecule has 1 saturated heterocycles. The Morgan fingerprint density at radius 1 is 1.48 bits per heavy atom. The minimum atomic E-state index is 0.0733. The van der Waals surface area contributed by atoms with Crippen molar-refractivity contribution in [3.05, 3.63) is 53.6 Å². The maximum atomic E-state index is 12.4. The number of amides is 1. The Balaban J connectivity index is 1.67. The molecule has 130 valence electrons. The third kappa shape index (κ3) is 3.57. The molecule has 25 heavy (non-hydrogen) atoms. The summed E-state index contributed by atoms with van der Waals surface area (Å²) in [5.41, 5.74) is 2.82. The fourth-order valence-corrected chi connectivity index (χ4v) is 3.67. The number of pyridine rings is 1. The van der Waals surface area contributed by atoms with Crippen molar-refractivity contribution in [1.82, 2.24) is 19.8 Å². The summed E-state index contributed by atoms with van der Waals surface area (Å²) in [4.78, 5) is 18.5. The van der Waals surface area contributed by atoms with Crippen LogP contribution in [0.1, 0.15) is 36.2 Å². The van der Waals surface area contributed by atoms with Crippen LogP contribution in [-0.2, 0) is 18.4 Å². The van der Waals surface area contributed by atoms with Crippen LogP contribution in [-0.4, -0.2) is 33.4 Å². The van der Waals surface area contributed by atoms with E-state index >= 15 is 0 Å². The number of aromatic nitrogens is 2. The predicted molar refractivity (Wildman–Crippen MR) is 94.3 cm³/mol. The van der Waals surface area contributed by atoms with Crippen molar-refractivity contribution in [1.29, 1.82) is 5.26 Å². The average molecular weight is 337 g/mol. The Morgan fingerprint density at radius 3 is 2.96 bits per heavy atom. The first-order chi connectivity index (χ1) is 12.1. The molecule has 2 aromatic heterocycles. The van der Waals surface area contributed by atoms with Gasteiger partial charge < -0.3 is 14.8 Å². The van der Waals surface area contributed by atoms with Gasteiger partial charge in [0, 0.05) is 57.6 Å². The van der Waals surface area contributed by atoms with Crippen LogP contribution in [0.3, 0.4) is 0 Å². The van der Waals surface area contributed by atoms with E-state index in [4.69, 9.17) is 5.26 Å². The van der Waals surface area contributed by atoms with Crippen LogP contribution in [0.2, 0.25) is 0 Å². The van der Waals surface area contributed by atoms with Crippen LogP contribution < -0.4 is 5.32 Å². The molecule has 2 aromatic rings. The zero-order chi connectivity index (χ0) is 17.8. The molecular formula is C19H23N5O. The quantitative estimate of drug-likeness (QED) is 0.875. The Morgan fingerprint density at radius 2 is 2.32 bits per heavy atom. The minimum absolute atomic E-state index is 0.0733. The molecule has 2 atom stereocenters. The second-order valence-electron chi connectivity index (χ2n) is 6.46. The van der Waals surface area contributed by atoms with E-state index in [1.54, 1.807) is 6.20 Å². The van der Waals surface area contributed by atoms with Crippen molar-refractivity contribution in [3.63, 3.8) is 0 Å². The molecule has 3 heterocycles. The Labute approximate surface area is 148 Å². The van der Waals surface area contributed by atoms with Crippen LogP contribution in [0.4, 0.5) is 0 Å². The lowest BCUT2D eigenvalue weighted by molar-refractivity contribution is -0.128. The van der Waals surface area contributed by atoms with Gasteiger partial charge in [-0.05, 0) is 30.2 Å². The predicted octanol–water partition coefficient (Wildman–Crippen LogP) is 1.99. The van der Waals surface area contributed by atoms with Crippen molar-refractivity contribution >= 4 is 5.91 Å². The lowest BCUT2D eigenvalue weighted by atomic mass is 9.94. The van der Waals surface area contributed by atoms with Crippen molar-refractivity contribution < 1.29 is 4.79 Å². The maximum Gasteiger partial charge on any atom is 0.223 e. The molecule has 0 saturated carbocycles. The van der Waals surface area contributed by atoms with Gasteiger partial charge in [-0.3, -0.25) is 9.78 Å². The van der Waals surface area contributed by atoms with Gasteiger partial charge in [0.1, 0.15) is 11.8 Å². The summed E-state index contributed by atoms with van der Waals surface area (Å²) in [5.74, 6) is 0.422. The number of carbonyl (C=O) groups excluding carboxylic acids is 1. The number of hydrogen-bond donors (Lipinski definition) is 1. The van der Waals surface area contributed by atoms with E-state index < -0.39 is 0 Å². The number of nitriles is 1. The maximum absolute atomic E-state index is 12.4. The zero-order valence-corrected chi connectivity index (χ0v) is 14.6. The van der Waals surface area contributed by atoms with Crippen molar-refractivity contribution in [2.45, 2.75) is 25.9 Å². The fourth-order valence-electron chi connectivity index (χ4n) is 3.67. The van der Waals surface area contributed by atoms with Crippen molar-refractivity contribution in [3.8, 4) is 6.07 Å². The summed E-state index contributed by atoms with van der Waals surface area (Å²) in [7, 11) is 1.87. The second-order valence-corrected chi connectivity index (χ2v) is 6.46. The molecular weight excluding hydrogens is 314 g/mol. The van der Waals surface area contributed by atoms with Gasteiger partial charge in [-0.25, -0.2) is 0 Å². The molecule has 1 N–H and O–H groups in total. The first-order valence-corrected chi connectivity index (χ1v) is 8.59. The lowest BCUT2D eigenvalue weighted by Gasteiger charge is -2.27. The average Bonchev–Trinajstić information content (AvgIpc) is 3.14. The Bertz CT molecular complexity index is 777. The normalized spacial score (nSPS) is 20.0. The largest absolute Gasteiger partial charge is 0.342 e. The second kappa shape index (κ2) is 7.49. The lowest BCUT2D eigenvalue weighted by Crippen LogP contribution is -2.31.